The molecule has 0 bridgehead atoms. The Morgan fingerprint density at radius 3 is 3.30 bits per heavy atom. The highest BCUT2D eigenvalue weighted by Crippen LogP contribution is 1.84. The number of rotatable bonds is 2. The number of nitrogens with one attached hydrogen (secondary N) is 1. The van der Waals surface area contributed by atoms with Crippen molar-refractivity contribution in [3.63, 3.8) is 0 Å². The predicted octanol–water partition coefficient (Wildman–Crippen LogP) is 0.140. The van der Waals surface area contributed by atoms with Gasteiger partial charge in [0.25, 0.3) is 0 Å². The lowest BCUT2D eigenvalue weighted by molar-refractivity contribution is 0.697. The second kappa shape index (κ2) is 3.67. The molecule has 0 aromatic carbocycles. The Bertz CT molecular complexity index is 261. The smallest absolute Gasteiger partial charge is 0.225 e. The maximum absolute atomic E-state index is 9.67. The van der Waals surface area contributed by atoms with Crippen LogP contribution >= 0.6 is 0 Å². The maximum Gasteiger partial charge on any atom is 0.225 e. The standard InChI is InChI=1S/C4H4N4OS/c9-10-8-6-3-4-1-2-5-7-4/h1-3H,(H,5,7). The molecule has 1 rings (SSSR count). The molecule has 0 saturated heterocycles. The monoisotopic (exact) mass is 156 g/mol. The summed E-state index contributed by atoms with van der Waals surface area (Å²) in [5, 5.41) is 9.70. The summed E-state index contributed by atoms with van der Waals surface area (Å²) in [6, 6.07) is 1.72. The zero-order chi connectivity index (χ0) is 7.23. The van der Waals surface area contributed by atoms with Crippen molar-refractivity contribution in [3.8, 4) is 0 Å². The molecule has 1 aromatic heterocycles. The van der Waals surface area contributed by atoms with E-state index in [1.54, 1.807) is 12.3 Å². The predicted molar refractivity (Wildman–Crippen MR) is 36.8 cm³/mol. The third-order valence-corrected chi connectivity index (χ3v) is 0.961. The topological polar surface area (TPSA) is 70.5 Å². The van der Waals surface area contributed by atoms with E-state index < -0.39 is 0 Å². The summed E-state index contributed by atoms with van der Waals surface area (Å²) < 4.78 is 12.8. The van der Waals surface area contributed by atoms with Crippen LogP contribution in [0.15, 0.2) is 21.8 Å². The lowest BCUT2D eigenvalue weighted by Gasteiger charge is -1.74. The number of aromatic amines is 1. The Morgan fingerprint density at radius 1 is 1.80 bits per heavy atom. The van der Waals surface area contributed by atoms with E-state index in [2.05, 4.69) is 19.8 Å². The molecular weight excluding hydrogens is 152 g/mol. The van der Waals surface area contributed by atoms with Crippen LogP contribution in [0.2, 0.25) is 0 Å². The summed E-state index contributed by atoms with van der Waals surface area (Å²) in [6.45, 7) is 0. The highest BCUT2D eigenvalue weighted by molar-refractivity contribution is 7.54. The minimum atomic E-state index is 0.0663. The third-order valence-electron chi connectivity index (χ3n) is 0.800. The van der Waals surface area contributed by atoms with Crippen LogP contribution < -0.4 is 0 Å². The number of hydrogen-bond donors (Lipinski definition) is 1. The lowest BCUT2D eigenvalue weighted by atomic mass is 10.5. The van der Waals surface area contributed by atoms with Gasteiger partial charge in [0.1, 0.15) is 0 Å². The number of aromatic nitrogens is 2. The fourth-order valence-electron chi connectivity index (χ4n) is 0.444. The summed E-state index contributed by atoms with van der Waals surface area (Å²) in [6.07, 6.45) is 3.00. The number of hydrogen-bond acceptors (Lipinski definition) is 3. The molecule has 0 radical (unpaired) electrons. The van der Waals surface area contributed by atoms with Gasteiger partial charge in [-0.2, -0.15) is 9.31 Å². The van der Waals surface area contributed by atoms with E-state index in [0.717, 1.165) is 5.69 Å². The average molecular weight is 156 g/mol. The fraction of sp³-hybridized carbons (Fsp3) is 0. The van der Waals surface area contributed by atoms with Gasteiger partial charge in [-0.15, -0.1) is 5.10 Å². The lowest BCUT2D eigenvalue weighted by Crippen LogP contribution is -1.77. The summed E-state index contributed by atoms with van der Waals surface area (Å²) in [5.41, 5.74) is 0.720. The van der Waals surface area contributed by atoms with E-state index >= 15 is 0 Å². The quantitative estimate of drug-likeness (QED) is 0.488. The van der Waals surface area contributed by atoms with Crippen LogP contribution in [-0.4, -0.2) is 20.6 Å². The minimum absolute atomic E-state index is 0.0663. The molecule has 10 heavy (non-hydrogen) atoms. The van der Waals surface area contributed by atoms with Crippen molar-refractivity contribution in [1.29, 1.82) is 0 Å². The molecule has 0 aliphatic carbocycles. The molecule has 0 spiro atoms. The molecule has 0 saturated carbocycles. The second-order valence-corrected chi connectivity index (χ2v) is 1.73. The molecule has 6 heteroatoms. The molecule has 0 amide bonds. The Labute approximate surface area is 60.4 Å². The van der Waals surface area contributed by atoms with Crippen molar-refractivity contribution in [2.24, 2.45) is 9.57 Å². The molecule has 0 fully saturated rings. The molecule has 1 N–H and O–H groups in total. The van der Waals surface area contributed by atoms with E-state index in [1.807, 2.05) is 0 Å². The van der Waals surface area contributed by atoms with Crippen LogP contribution in [0.3, 0.4) is 0 Å². The molecule has 0 unspecified atom stereocenters. The first-order valence-corrected chi connectivity index (χ1v) is 3.15. The Balaban J connectivity index is 2.63. The van der Waals surface area contributed by atoms with Crippen molar-refractivity contribution < 1.29 is 4.21 Å². The first kappa shape index (κ1) is 6.81. The van der Waals surface area contributed by atoms with Gasteiger partial charge in [0, 0.05) is 6.20 Å². The second-order valence-electron chi connectivity index (χ2n) is 1.41. The van der Waals surface area contributed by atoms with Crippen molar-refractivity contribution in [2.75, 3.05) is 0 Å². The molecule has 0 aliphatic rings. The zero-order valence-corrected chi connectivity index (χ0v) is 5.71. The van der Waals surface area contributed by atoms with E-state index in [4.69, 9.17) is 0 Å². The molecule has 52 valence electrons. The van der Waals surface area contributed by atoms with Gasteiger partial charge in [-0.25, -0.2) is 0 Å². The Kier molecular flexibility index (Phi) is 2.50. The van der Waals surface area contributed by atoms with Gasteiger partial charge in [0.05, 0.1) is 11.9 Å². The molecule has 0 atom stereocenters. The van der Waals surface area contributed by atoms with E-state index in [1.165, 1.54) is 6.21 Å². The number of nitrogens with zero attached hydrogens (tertiary/aromatic N) is 3. The van der Waals surface area contributed by atoms with Crippen molar-refractivity contribution in [2.45, 2.75) is 0 Å². The van der Waals surface area contributed by atoms with Crippen LogP contribution in [0.5, 0.6) is 0 Å². The van der Waals surface area contributed by atoms with E-state index in [9.17, 15) is 4.21 Å². The molecule has 1 heterocycles. The minimum Gasteiger partial charge on any atom is -0.277 e. The van der Waals surface area contributed by atoms with Crippen LogP contribution in [0.25, 0.3) is 0 Å². The molecule has 1 aromatic rings. The normalized spacial score (nSPS) is 10.0. The summed E-state index contributed by atoms with van der Waals surface area (Å²) in [5.74, 6) is 0. The van der Waals surface area contributed by atoms with Gasteiger partial charge in [0.15, 0.2) is 0 Å². The van der Waals surface area contributed by atoms with Gasteiger partial charge >= 0.3 is 0 Å². The Hall–Kier alpha value is -1.30. The van der Waals surface area contributed by atoms with Crippen molar-refractivity contribution >= 4 is 17.7 Å². The summed E-state index contributed by atoms with van der Waals surface area (Å²) in [4.78, 5) is 0. The van der Waals surface area contributed by atoms with Crippen LogP contribution in [0.4, 0.5) is 0 Å². The van der Waals surface area contributed by atoms with E-state index in [-0.39, 0.29) is 11.5 Å². The molecule has 5 nitrogen and oxygen atoms in total. The van der Waals surface area contributed by atoms with Crippen LogP contribution in [0.1, 0.15) is 5.69 Å². The van der Waals surface area contributed by atoms with Crippen molar-refractivity contribution in [3.05, 3.63) is 18.0 Å². The SMILES string of the molecule is O=S=NN=Cc1ccn[nH]1. The fourth-order valence-corrected chi connectivity index (χ4v) is 0.529. The average Bonchev–Trinajstić information content (AvgIpc) is 2.41. The summed E-state index contributed by atoms with van der Waals surface area (Å²) >= 11 is 0.0663. The highest BCUT2D eigenvalue weighted by Gasteiger charge is 1.82. The van der Waals surface area contributed by atoms with Gasteiger partial charge in [-0.05, 0) is 6.07 Å². The maximum atomic E-state index is 9.67. The van der Waals surface area contributed by atoms with Gasteiger partial charge in [-0.3, -0.25) is 5.10 Å². The molecular formula is C4H4N4OS. The zero-order valence-electron chi connectivity index (χ0n) is 4.89. The summed E-state index contributed by atoms with van der Waals surface area (Å²) in [7, 11) is 0. The first-order valence-electron chi connectivity index (χ1n) is 2.45. The van der Waals surface area contributed by atoms with Gasteiger partial charge in [-0.1, -0.05) is 4.47 Å². The van der Waals surface area contributed by atoms with E-state index in [0.29, 0.717) is 0 Å². The van der Waals surface area contributed by atoms with Crippen LogP contribution in [0, 0.1) is 0 Å². The highest BCUT2D eigenvalue weighted by atomic mass is 32.1. The third kappa shape index (κ3) is 1.90. The number of H-pyrrole nitrogens is 1. The first-order chi connectivity index (χ1) is 4.93. The van der Waals surface area contributed by atoms with Gasteiger partial charge < -0.3 is 0 Å². The molecule has 0 aliphatic heterocycles. The van der Waals surface area contributed by atoms with Gasteiger partial charge in [0.2, 0.25) is 11.5 Å². The Morgan fingerprint density at radius 2 is 2.70 bits per heavy atom. The van der Waals surface area contributed by atoms with Crippen LogP contribution in [-0.2, 0) is 11.5 Å². The largest absolute Gasteiger partial charge is 0.277 e. The van der Waals surface area contributed by atoms with Crippen molar-refractivity contribution in [1.82, 2.24) is 10.2 Å².